The second kappa shape index (κ2) is 8.68. The van der Waals surface area contributed by atoms with Crippen LogP contribution in [0.1, 0.15) is 36.3 Å². The molecule has 142 valence electrons. The average molecular weight is 364 g/mol. The van der Waals surface area contributed by atoms with E-state index in [0.717, 1.165) is 32.4 Å². The number of nitrogens with zero attached hydrogens (tertiary/aromatic N) is 1. The molecule has 1 amide bonds. The van der Waals surface area contributed by atoms with Gasteiger partial charge in [0.2, 0.25) is 5.91 Å². The summed E-state index contributed by atoms with van der Waals surface area (Å²) in [5.41, 5.74) is 2.63. The first kappa shape index (κ1) is 18.2. The van der Waals surface area contributed by atoms with E-state index in [4.69, 9.17) is 4.74 Å². The van der Waals surface area contributed by atoms with E-state index in [1.807, 2.05) is 0 Å². The zero-order valence-electron chi connectivity index (χ0n) is 15.7. The van der Waals surface area contributed by atoms with E-state index in [-0.39, 0.29) is 12.0 Å². The van der Waals surface area contributed by atoms with Crippen LogP contribution in [0.2, 0.25) is 0 Å². The summed E-state index contributed by atoms with van der Waals surface area (Å²) < 4.78 is 6.08. The fourth-order valence-corrected chi connectivity index (χ4v) is 3.87. The number of hydrogen-bond donors (Lipinski definition) is 1. The second-order valence-electron chi connectivity index (χ2n) is 7.68. The molecule has 0 unspecified atom stereocenters. The number of amides is 1. The maximum atomic E-state index is 12.1. The van der Waals surface area contributed by atoms with Gasteiger partial charge in [0, 0.05) is 25.0 Å². The third-order valence-corrected chi connectivity index (χ3v) is 5.44. The van der Waals surface area contributed by atoms with Crippen molar-refractivity contribution < 1.29 is 9.53 Å². The summed E-state index contributed by atoms with van der Waals surface area (Å²) in [6, 6.07) is 21.7. The lowest BCUT2D eigenvalue weighted by Gasteiger charge is -2.34. The van der Waals surface area contributed by atoms with Crippen molar-refractivity contribution in [3.8, 4) is 0 Å². The minimum Gasteiger partial charge on any atom is -0.376 e. The molecular weight excluding hydrogens is 336 g/mol. The molecule has 2 aromatic carbocycles. The summed E-state index contributed by atoms with van der Waals surface area (Å²) >= 11 is 0. The number of hydrogen-bond acceptors (Lipinski definition) is 3. The standard InChI is InChI=1S/C23H28N2O2/c26-23(24-20-11-12-20)17-25-13-14-27-21(16-25)15-22(18-7-3-1-4-8-18)19-9-5-2-6-10-19/h1-10,20-22H,11-17H2,(H,24,26)/t21-/m1/s1. The van der Waals surface area contributed by atoms with Crippen LogP contribution >= 0.6 is 0 Å². The third-order valence-electron chi connectivity index (χ3n) is 5.44. The van der Waals surface area contributed by atoms with Crippen molar-refractivity contribution in [2.45, 2.75) is 37.3 Å². The van der Waals surface area contributed by atoms with Crippen LogP contribution in [-0.4, -0.2) is 49.2 Å². The minimum atomic E-state index is 0.137. The van der Waals surface area contributed by atoms with E-state index in [9.17, 15) is 4.79 Å². The third kappa shape index (κ3) is 5.18. The zero-order valence-corrected chi connectivity index (χ0v) is 15.7. The highest BCUT2D eigenvalue weighted by Gasteiger charge is 2.28. The molecule has 1 heterocycles. The highest BCUT2D eigenvalue weighted by molar-refractivity contribution is 5.78. The van der Waals surface area contributed by atoms with Gasteiger partial charge < -0.3 is 10.1 Å². The molecule has 0 bridgehead atoms. The van der Waals surface area contributed by atoms with Crippen LogP contribution in [-0.2, 0) is 9.53 Å². The van der Waals surface area contributed by atoms with Gasteiger partial charge in [-0.25, -0.2) is 0 Å². The van der Waals surface area contributed by atoms with E-state index in [1.54, 1.807) is 0 Å². The fourth-order valence-electron chi connectivity index (χ4n) is 3.87. The molecule has 1 N–H and O–H groups in total. The first-order chi connectivity index (χ1) is 13.3. The lowest BCUT2D eigenvalue weighted by molar-refractivity contribution is -0.124. The molecule has 1 aliphatic heterocycles. The Morgan fingerprint density at radius 2 is 1.67 bits per heavy atom. The van der Waals surface area contributed by atoms with Gasteiger partial charge in [-0.05, 0) is 30.4 Å². The zero-order chi connectivity index (χ0) is 18.5. The quantitative estimate of drug-likeness (QED) is 0.820. The van der Waals surface area contributed by atoms with E-state index < -0.39 is 0 Å². The van der Waals surface area contributed by atoms with Crippen LogP contribution < -0.4 is 5.32 Å². The summed E-state index contributed by atoms with van der Waals surface area (Å²) in [5.74, 6) is 0.457. The Bertz CT molecular complexity index is 691. The summed E-state index contributed by atoms with van der Waals surface area (Å²) in [5, 5.41) is 3.09. The van der Waals surface area contributed by atoms with E-state index in [1.165, 1.54) is 11.1 Å². The first-order valence-electron chi connectivity index (χ1n) is 10.0. The Morgan fingerprint density at radius 1 is 1.04 bits per heavy atom. The molecule has 2 aromatic rings. The van der Waals surface area contributed by atoms with Crippen molar-refractivity contribution in [3.63, 3.8) is 0 Å². The molecule has 1 atom stereocenters. The van der Waals surface area contributed by atoms with Crippen molar-refractivity contribution in [2.75, 3.05) is 26.2 Å². The first-order valence-corrected chi connectivity index (χ1v) is 10.0. The van der Waals surface area contributed by atoms with E-state index in [2.05, 4.69) is 70.9 Å². The lowest BCUT2D eigenvalue weighted by Crippen LogP contribution is -2.47. The van der Waals surface area contributed by atoms with E-state index in [0.29, 0.717) is 25.1 Å². The Kier molecular flexibility index (Phi) is 5.85. The maximum absolute atomic E-state index is 12.1. The molecule has 2 aliphatic rings. The van der Waals surface area contributed by atoms with Crippen LogP contribution in [0.15, 0.2) is 60.7 Å². The van der Waals surface area contributed by atoms with Crippen LogP contribution in [0.25, 0.3) is 0 Å². The molecule has 1 aliphatic carbocycles. The van der Waals surface area contributed by atoms with Gasteiger partial charge in [0.1, 0.15) is 0 Å². The average Bonchev–Trinajstić information content (AvgIpc) is 3.51. The van der Waals surface area contributed by atoms with Crippen molar-refractivity contribution >= 4 is 5.91 Å². The largest absolute Gasteiger partial charge is 0.376 e. The normalized spacial score (nSPS) is 20.6. The highest BCUT2D eigenvalue weighted by Crippen LogP contribution is 2.30. The fraction of sp³-hybridized carbons (Fsp3) is 0.435. The molecule has 4 rings (SSSR count). The van der Waals surface area contributed by atoms with Gasteiger partial charge in [-0.3, -0.25) is 9.69 Å². The maximum Gasteiger partial charge on any atom is 0.234 e. The van der Waals surface area contributed by atoms with Gasteiger partial charge in [-0.15, -0.1) is 0 Å². The number of rotatable bonds is 7. The number of carbonyl (C=O) groups excluding carboxylic acids is 1. The SMILES string of the molecule is O=C(CN1CCO[C@H](CC(c2ccccc2)c2ccccc2)C1)NC1CC1. The second-order valence-corrected chi connectivity index (χ2v) is 7.68. The van der Waals surface area contributed by atoms with E-state index >= 15 is 0 Å². The van der Waals surface area contributed by atoms with Gasteiger partial charge in [0.15, 0.2) is 0 Å². The van der Waals surface area contributed by atoms with Gasteiger partial charge in [-0.1, -0.05) is 60.7 Å². The monoisotopic (exact) mass is 364 g/mol. The molecule has 0 aromatic heterocycles. The Labute approximate surface area is 161 Å². The molecule has 27 heavy (non-hydrogen) atoms. The molecule has 4 nitrogen and oxygen atoms in total. The Hall–Kier alpha value is -2.17. The Morgan fingerprint density at radius 3 is 2.26 bits per heavy atom. The van der Waals surface area contributed by atoms with Crippen LogP contribution in [0.3, 0.4) is 0 Å². The number of benzene rings is 2. The summed E-state index contributed by atoms with van der Waals surface area (Å²) in [6.07, 6.45) is 3.33. The molecule has 0 radical (unpaired) electrons. The molecule has 2 fully saturated rings. The number of ether oxygens (including phenoxy) is 1. The van der Waals surface area contributed by atoms with Crippen molar-refractivity contribution in [1.82, 2.24) is 10.2 Å². The predicted octanol–water partition coefficient (Wildman–Crippen LogP) is 3.19. The summed E-state index contributed by atoms with van der Waals surface area (Å²) in [4.78, 5) is 14.4. The molecular formula is C23H28N2O2. The van der Waals surface area contributed by atoms with Crippen LogP contribution in [0.5, 0.6) is 0 Å². The number of morpholine rings is 1. The van der Waals surface area contributed by atoms with Gasteiger partial charge in [-0.2, -0.15) is 0 Å². The minimum absolute atomic E-state index is 0.137. The lowest BCUT2D eigenvalue weighted by atomic mass is 9.86. The molecule has 1 saturated carbocycles. The van der Waals surface area contributed by atoms with Gasteiger partial charge >= 0.3 is 0 Å². The summed E-state index contributed by atoms with van der Waals surface area (Å²) in [7, 11) is 0. The Balaban J connectivity index is 1.42. The highest BCUT2D eigenvalue weighted by atomic mass is 16.5. The smallest absolute Gasteiger partial charge is 0.234 e. The van der Waals surface area contributed by atoms with Crippen LogP contribution in [0.4, 0.5) is 0 Å². The molecule has 0 spiro atoms. The topological polar surface area (TPSA) is 41.6 Å². The van der Waals surface area contributed by atoms with Crippen molar-refractivity contribution in [1.29, 1.82) is 0 Å². The number of nitrogens with one attached hydrogen (secondary N) is 1. The van der Waals surface area contributed by atoms with Gasteiger partial charge in [0.25, 0.3) is 0 Å². The molecule has 4 heteroatoms. The molecule has 1 saturated heterocycles. The van der Waals surface area contributed by atoms with Crippen molar-refractivity contribution in [2.24, 2.45) is 0 Å². The van der Waals surface area contributed by atoms with Crippen LogP contribution in [0, 0.1) is 0 Å². The summed E-state index contributed by atoms with van der Waals surface area (Å²) in [6.45, 7) is 2.82. The van der Waals surface area contributed by atoms with Gasteiger partial charge in [0.05, 0.1) is 19.3 Å². The van der Waals surface area contributed by atoms with Crippen molar-refractivity contribution in [3.05, 3.63) is 71.8 Å². The predicted molar refractivity (Wildman–Crippen MR) is 107 cm³/mol. The number of carbonyl (C=O) groups is 1.